The molecule has 1 atom stereocenters. The maximum absolute atomic E-state index is 14.7. The number of hydrogen-bond acceptors (Lipinski definition) is 10. The largest absolute Gasteiger partial charge is 0.444 e. The summed E-state index contributed by atoms with van der Waals surface area (Å²) in [5.41, 5.74) is -1.48. The van der Waals surface area contributed by atoms with Gasteiger partial charge in [0.2, 0.25) is 5.03 Å². The molecule has 39 heavy (non-hydrogen) atoms. The second-order valence-corrected chi connectivity index (χ2v) is 12.0. The van der Waals surface area contributed by atoms with Crippen LogP contribution in [0.5, 0.6) is 0 Å². The van der Waals surface area contributed by atoms with Crippen LogP contribution < -0.4 is 10.6 Å². The zero-order valence-electron chi connectivity index (χ0n) is 22.2. The molecule has 0 saturated carbocycles. The van der Waals surface area contributed by atoms with Crippen LogP contribution in [0.4, 0.5) is 15.0 Å². The van der Waals surface area contributed by atoms with Crippen LogP contribution in [0.1, 0.15) is 33.3 Å². The van der Waals surface area contributed by atoms with Crippen LogP contribution in [0.2, 0.25) is 5.15 Å². The third-order valence-corrected chi connectivity index (χ3v) is 7.56. The summed E-state index contributed by atoms with van der Waals surface area (Å²) in [6.07, 6.45) is 0.784. The first-order chi connectivity index (χ1) is 18.1. The second kappa shape index (κ2) is 10.3. The molecule has 0 spiro atoms. The van der Waals surface area contributed by atoms with E-state index in [4.69, 9.17) is 16.3 Å². The molecule has 0 aromatic carbocycles. The SMILES string of the molecule is COS(=O)(=O)c1nccc(C)c1-n1c(=O)nc(N2CCN(C(=O)OC(C)(C)C)C[C@@H]2C)c2cc(F)c(Cl)nc21. The summed E-state index contributed by atoms with van der Waals surface area (Å²) in [4.78, 5) is 41.7. The van der Waals surface area contributed by atoms with Crippen LogP contribution in [0.15, 0.2) is 28.2 Å². The van der Waals surface area contributed by atoms with Crippen molar-refractivity contribution >= 4 is 44.7 Å². The quantitative estimate of drug-likeness (QED) is 0.333. The lowest BCUT2D eigenvalue weighted by Gasteiger charge is -2.41. The van der Waals surface area contributed by atoms with Crippen molar-refractivity contribution in [1.82, 2.24) is 24.4 Å². The van der Waals surface area contributed by atoms with E-state index >= 15 is 0 Å². The Kier molecular flexibility index (Phi) is 7.58. The molecular weight excluding hydrogens is 555 g/mol. The molecule has 12 nitrogen and oxygen atoms in total. The van der Waals surface area contributed by atoms with Crippen molar-refractivity contribution in [2.45, 2.75) is 51.3 Å². The van der Waals surface area contributed by atoms with Crippen molar-refractivity contribution in [3.63, 3.8) is 0 Å². The minimum Gasteiger partial charge on any atom is -0.444 e. The van der Waals surface area contributed by atoms with Crippen molar-refractivity contribution in [2.24, 2.45) is 0 Å². The molecule has 0 aliphatic carbocycles. The standard InChI is InChI=1S/C24H28ClFN6O6S/c1-13-7-8-27-21(39(35,36)37-6)17(13)32-20-15(11-16(26)18(25)28-20)19(29-22(32)33)31-10-9-30(12-14(31)2)23(34)38-24(3,4)5/h7-8,11,14H,9-10,12H2,1-6H3/t14-/m0/s1. The van der Waals surface area contributed by atoms with Gasteiger partial charge in [-0.1, -0.05) is 11.6 Å². The highest BCUT2D eigenvalue weighted by Gasteiger charge is 2.33. The number of carbonyl (C=O) groups is 1. The molecule has 1 saturated heterocycles. The van der Waals surface area contributed by atoms with Gasteiger partial charge in [0.25, 0.3) is 0 Å². The molecule has 1 aliphatic heterocycles. The zero-order valence-corrected chi connectivity index (χ0v) is 23.8. The summed E-state index contributed by atoms with van der Waals surface area (Å²) in [5.74, 6) is -0.742. The van der Waals surface area contributed by atoms with Gasteiger partial charge in [0.05, 0.1) is 18.2 Å². The molecule has 210 valence electrons. The van der Waals surface area contributed by atoms with Crippen molar-refractivity contribution in [2.75, 3.05) is 31.6 Å². The topological polar surface area (TPSA) is 137 Å². The number of aromatic nitrogens is 4. The van der Waals surface area contributed by atoms with Gasteiger partial charge in [-0.15, -0.1) is 0 Å². The zero-order chi connectivity index (χ0) is 28.9. The summed E-state index contributed by atoms with van der Waals surface area (Å²) in [6, 6.07) is 2.24. The predicted octanol–water partition coefficient (Wildman–Crippen LogP) is 3.06. The van der Waals surface area contributed by atoms with Gasteiger partial charge in [-0.2, -0.15) is 13.4 Å². The number of nitrogens with zero attached hydrogens (tertiary/aromatic N) is 6. The van der Waals surface area contributed by atoms with Crippen LogP contribution in [0.25, 0.3) is 16.7 Å². The molecule has 4 rings (SSSR count). The lowest BCUT2D eigenvalue weighted by molar-refractivity contribution is 0.0218. The maximum atomic E-state index is 14.7. The third kappa shape index (κ3) is 5.54. The van der Waals surface area contributed by atoms with E-state index in [1.165, 1.54) is 12.3 Å². The van der Waals surface area contributed by atoms with E-state index in [1.807, 2.05) is 6.92 Å². The van der Waals surface area contributed by atoms with Crippen LogP contribution in [-0.2, 0) is 19.0 Å². The smallest absolute Gasteiger partial charge is 0.410 e. The molecule has 3 aromatic heterocycles. The Labute approximate surface area is 229 Å². The molecule has 3 aromatic rings. The number of fused-ring (bicyclic) bond motifs is 1. The van der Waals surface area contributed by atoms with E-state index in [-0.39, 0.29) is 48.2 Å². The van der Waals surface area contributed by atoms with Gasteiger partial charge in [-0.05, 0) is 52.3 Å². The Hall–Kier alpha value is -3.36. The van der Waals surface area contributed by atoms with E-state index in [9.17, 15) is 22.4 Å². The molecular formula is C24H28ClFN6O6S. The first-order valence-corrected chi connectivity index (χ1v) is 13.7. The van der Waals surface area contributed by atoms with Crippen molar-refractivity contribution < 1.29 is 26.5 Å². The minimum atomic E-state index is -4.36. The highest BCUT2D eigenvalue weighted by Crippen LogP contribution is 2.32. The van der Waals surface area contributed by atoms with Gasteiger partial charge >= 0.3 is 21.9 Å². The normalized spacial score (nSPS) is 16.6. The molecule has 0 N–H and O–H groups in total. The maximum Gasteiger partial charge on any atom is 0.410 e. The Morgan fingerprint density at radius 2 is 1.92 bits per heavy atom. The number of rotatable bonds is 4. The van der Waals surface area contributed by atoms with Crippen LogP contribution >= 0.6 is 11.6 Å². The Morgan fingerprint density at radius 3 is 2.54 bits per heavy atom. The number of hydrogen-bond donors (Lipinski definition) is 0. The Morgan fingerprint density at radius 1 is 1.23 bits per heavy atom. The second-order valence-electron chi connectivity index (χ2n) is 10.1. The molecule has 15 heteroatoms. The number of halogens is 2. The summed E-state index contributed by atoms with van der Waals surface area (Å²) >= 11 is 6.02. The third-order valence-electron chi connectivity index (χ3n) is 6.08. The summed E-state index contributed by atoms with van der Waals surface area (Å²) in [7, 11) is -3.40. The van der Waals surface area contributed by atoms with Crippen molar-refractivity contribution in [3.05, 3.63) is 45.3 Å². The molecule has 4 heterocycles. The van der Waals surface area contributed by atoms with Crippen molar-refractivity contribution in [3.8, 4) is 5.69 Å². The fraction of sp³-hybridized carbons (Fsp3) is 0.458. The van der Waals surface area contributed by atoms with Crippen LogP contribution in [0, 0.1) is 12.7 Å². The van der Waals surface area contributed by atoms with Crippen LogP contribution in [-0.4, -0.2) is 77.3 Å². The molecule has 1 amide bonds. The van der Waals surface area contributed by atoms with Crippen LogP contribution in [0.3, 0.4) is 0 Å². The Bertz CT molecular complexity index is 1620. The molecule has 1 aliphatic rings. The van der Waals surface area contributed by atoms with E-state index in [2.05, 4.69) is 19.1 Å². The lowest BCUT2D eigenvalue weighted by atomic mass is 10.1. The summed E-state index contributed by atoms with van der Waals surface area (Å²) < 4.78 is 51.1. The minimum absolute atomic E-state index is 0.109. The number of ether oxygens (including phenoxy) is 1. The van der Waals surface area contributed by atoms with Gasteiger partial charge in [0.15, 0.2) is 16.6 Å². The lowest BCUT2D eigenvalue weighted by Crippen LogP contribution is -2.55. The highest BCUT2D eigenvalue weighted by molar-refractivity contribution is 7.86. The number of amides is 1. The fourth-order valence-corrected chi connectivity index (χ4v) is 5.30. The summed E-state index contributed by atoms with van der Waals surface area (Å²) in [6.45, 7) is 9.48. The molecule has 1 fully saturated rings. The van der Waals surface area contributed by atoms with E-state index in [1.54, 1.807) is 37.5 Å². The van der Waals surface area contributed by atoms with E-state index < -0.39 is 43.5 Å². The van der Waals surface area contributed by atoms with Gasteiger partial charge in [0.1, 0.15) is 11.4 Å². The van der Waals surface area contributed by atoms with Gasteiger partial charge in [-0.3, -0.25) is 4.18 Å². The average Bonchev–Trinajstić information content (AvgIpc) is 2.84. The summed E-state index contributed by atoms with van der Waals surface area (Å²) in [5, 5.41) is -0.948. The first-order valence-electron chi connectivity index (χ1n) is 11.9. The first kappa shape index (κ1) is 28.6. The highest BCUT2D eigenvalue weighted by atomic mass is 35.5. The Balaban J connectivity index is 1.89. The predicted molar refractivity (Wildman–Crippen MR) is 141 cm³/mol. The van der Waals surface area contributed by atoms with Gasteiger partial charge in [0, 0.05) is 31.9 Å². The molecule has 0 unspecified atom stereocenters. The van der Waals surface area contributed by atoms with Crippen molar-refractivity contribution in [1.29, 1.82) is 0 Å². The molecule has 0 bridgehead atoms. The number of pyridine rings is 2. The number of anilines is 1. The van der Waals surface area contributed by atoms with Gasteiger partial charge < -0.3 is 14.5 Å². The number of carbonyl (C=O) groups excluding carboxylic acids is 1. The monoisotopic (exact) mass is 582 g/mol. The molecule has 0 radical (unpaired) electrons. The number of aryl methyl sites for hydroxylation is 1. The van der Waals surface area contributed by atoms with Gasteiger partial charge in [-0.25, -0.2) is 28.5 Å². The average molecular weight is 583 g/mol. The van der Waals surface area contributed by atoms with E-state index in [0.29, 0.717) is 5.56 Å². The number of piperazine rings is 1. The van der Waals surface area contributed by atoms with E-state index in [0.717, 1.165) is 17.7 Å². The fourth-order valence-electron chi connectivity index (χ4n) is 4.33.